The van der Waals surface area contributed by atoms with Gasteiger partial charge in [0.2, 0.25) is 10.0 Å². The van der Waals surface area contributed by atoms with Gasteiger partial charge in [0.25, 0.3) is 0 Å². The minimum absolute atomic E-state index is 0.0927. The van der Waals surface area contributed by atoms with E-state index in [1.54, 1.807) is 19.3 Å². The number of rotatable bonds is 7. The van der Waals surface area contributed by atoms with E-state index in [0.29, 0.717) is 11.6 Å². The van der Waals surface area contributed by atoms with Crippen LogP contribution in [0, 0.1) is 5.92 Å². The van der Waals surface area contributed by atoms with Crippen LogP contribution in [0.15, 0.2) is 23.4 Å². The third-order valence-electron chi connectivity index (χ3n) is 3.15. The molecule has 0 bridgehead atoms. The molecule has 1 heterocycles. The van der Waals surface area contributed by atoms with Crippen molar-refractivity contribution in [2.45, 2.75) is 44.6 Å². The summed E-state index contributed by atoms with van der Waals surface area (Å²) in [7, 11) is -1.84. The molecule has 0 fully saturated rings. The van der Waals surface area contributed by atoms with E-state index in [1.807, 2.05) is 6.92 Å². The van der Waals surface area contributed by atoms with E-state index in [1.165, 1.54) is 6.20 Å². The van der Waals surface area contributed by atoms with Crippen molar-refractivity contribution in [3.05, 3.63) is 18.5 Å². The molecule has 19 heavy (non-hydrogen) atoms. The Bertz CT molecular complexity index is 502. The van der Waals surface area contributed by atoms with E-state index in [0.717, 1.165) is 12.8 Å². The Morgan fingerprint density at radius 1 is 1.37 bits per heavy atom. The Morgan fingerprint density at radius 2 is 2.05 bits per heavy atom. The van der Waals surface area contributed by atoms with Crippen molar-refractivity contribution in [1.29, 1.82) is 0 Å². The van der Waals surface area contributed by atoms with Gasteiger partial charge >= 0.3 is 0 Å². The summed E-state index contributed by atoms with van der Waals surface area (Å²) in [5.74, 6) is 0.496. The van der Waals surface area contributed by atoms with Gasteiger partial charge in [-0.2, -0.15) is 0 Å². The van der Waals surface area contributed by atoms with Gasteiger partial charge in [0.1, 0.15) is 4.90 Å². The average Bonchev–Trinajstić information content (AvgIpc) is 2.37. The lowest BCUT2D eigenvalue weighted by atomic mass is 10.0. The van der Waals surface area contributed by atoms with Gasteiger partial charge in [-0.1, -0.05) is 20.3 Å². The SMILES string of the molecule is CCC(C)CC(C)NS(=O)(=O)c1cnccc1NC. The minimum atomic E-state index is -3.53. The van der Waals surface area contributed by atoms with Crippen molar-refractivity contribution >= 4 is 15.7 Å². The molecule has 1 aromatic rings. The molecule has 0 aliphatic rings. The molecule has 0 saturated heterocycles. The molecule has 0 aliphatic carbocycles. The van der Waals surface area contributed by atoms with Crippen molar-refractivity contribution < 1.29 is 8.42 Å². The van der Waals surface area contributed by atoms with Crippen LogP contribution in [-0.2, 0) is 10.0 Å². The molecule has 0 spiro atoms. The van der Waals surface area contributed by atoms with E-state index in [-0.39, 0.29) is 10.9 Å². The van der Waals surface area contributed by atoms with Gasteiger partial charge in [-0.3, -0.25) is 4.98 Å². The summed E-state index contributed by atoms with van der Waals surface area (Å²) in [6, 6.07) is 1.55. The Labute approximate surface area is 115 Å². The van der Waals surface area contributed by atoms with Crippen LogP contribution in [0.1, 0.15) is 33.6 Å². The van der Waals surface area contributed by atoms with Gasteiger partial charge in [0.15, 0.2) is 0 Å². The summed E-state index contributed by atoms with van der Waals surface area (Å²) < 4.78 is 27.3. The van der Waals surface area contributed by atoms with Gasteiger partial charge in [-0.25, -0.2) is 13.1 Å². The maximum absolute atomic E-state index is 12.3. The van der Waals surface area contributed by atoms with E-state index < -0.39 is 10.0 Å². The van der Waals surface area contributed by atoms with Gasteiger partial charge in [-0.15, -0.1) is 0 Å². The number of hydrogen-bond acceptors (Lipinski definition) is 4. The predicted octanol–water partition coefficient (Wildman–Crippen LogP) is 2.23. The highest BCUT2D eigenvalue weighted by Gasteiger charge is 2.21. The lowest BCUT2D eigenvalue weighted by Gasteiger charge is -2.18. The first-order chi connectivity index (χ1) is 8.90. The largest absolute Gasteiger partial charge is 0.387 e. The molecule has 5 nitrogen and oxygen atoms in total. The number of sulfonamides is 1. The monoisotopic (exact) mass is 285 g/mol. The molecular formula is C13H23N3O2S. The van der Waals surface area contributed by atoms with Crippen LogP contribution in [0.3, 0.4) is 0 Å². The zero-order chi connectivity index (χ0) is 14.5. The van der Waals surface area contributed by atoms with Gasteiger partial charge in [0, 0.05) is 25.5 Å². The smallest absolute Gasteiger partial charge is 0.244 e. The Kier molecular flexibility index (Phi) is 5.75. The van der Waals surface area contributed by atoms with Crippen molar-refractivity contribution in [2.75, 3.05) is 12.4 Å². The average molecular weight is 285 g/mol. The topological polar surface area (TPSA) is 71.1 Å². The standard InChI is InChI=1S/C13H23N3O2S/c1-5-10(2)8-11(3)16-19(17,18)13-9-15-7-6-12(13)14-4/h6-7,9-11,16H,5,8H2,1-4H3,(H,14,15). The molecule has 0 radical (unpaired) electrons. The van der Waals surface area contributed by atoms with Crippen molar-refractivity contribution in [2.24, 2.45) is 5.92 Å². The van der Waals surface area contributed by atoms with Crippen LogP contribution in [0.25, 0.3) is 0 Å². The zero-order valence-corrected chi connectivity index (χ0v) is 12.8. The summed E-state index contributed by atoms with van der Waals surface area (Å²) >= 11 is 0. The van der Waals surface area contributed by atoms with Crippen LogP contribution >= 0.6 is 0 Å². The first-order valence-electron chi connectivity index (χ1n) is 6.54. The molecule has 0 amide bonds. The van der Waals surface area contributed by atoms with Crippen LogP contribution in [0.5, 0.6) is 0 Å². The third kappa shape index (κ3) is 4.47. The van der Waals surface area contributed by atoms with Gasteiger partial charge in [0.05, 0.1) is 5.69 Å². The Balaban J connectivity index is 2.86. The summed E-state index contributed by atoms with van der Waals surface area (Å²) in [4.78, 5) is 4.07. The lowest BCUT2D eigenvalue weighted by molar-refractivity contribution is 0.445. The Hall–Kier alpha value is -1.14. The van der Waals surface area contributed by atoms with Crippen LogP contribution < -0.4 is 10.0 Å². The van der Waals surface area contributed by atoms with Crippen molar-refractivity contribution in [3.8, 4) is 0 Å². The molecule has 2 N–H and O–H groups in total. The molecule has 0 aliphatic heterocycles. The quantitative estimate of drug-likeness (QED) is 0.806. The number of aromatic nitrogens is 1. The second-order valence-corrected chi connectivity index (χ2v) is 6.58. The van der Waals surface area contributed by atoms with Gasteiger partial charge in [-0.05, 0) is 25.3 Å². The minimum Gasteiger partial charge on any atom is -0.387 e. The van der Waals surface area contributed by atoms with Crippen molar-refractivity contribution in [3.63, 3.8) is 0 Å². The number of pyridine rings is 1. The number of anilines is 1. The van der Waals surface area contributed by atoms with E-state index in [2.05, 4.69) is 28.9 Å². The predicted molar refractivity (Wildman–Crippen MR) is 77.6 cm³/mol. The van der Waals surface area contributed by atoms with Crippen LogP contribution in [0.4, 0.5) is 5.69 Å². The molecule has 1 aromatic heterocycles. The maximum atomic E-state index is 12.3. The fourth-order valence-corrected chi connectivity index (χ4v) is 3.36. The first-order valence-corrected chi connectivity index (χ1v) is 8.03. The number of hydrogen-bond donors (Lipinski definition) is 2. The first kappa shape index (κ1) is 15.9. The number of nitrogens with one attached hydrogen (secondary N) is 2. The molecule has 2 atom stereocenters. The van der Waals surface area contributed by atoms with E-state index in [4.69, 9.17) is 0 Å². The normalized spacial score (nSPS) is 14.9. The molecule has 0 saturated carbocycles. The van der Waals surface area contributed by atoms with Gasteiger partial charge < -0.3 is 5.32 Å². The maximum Gasteiger partial charge on any atom is 0.244 e. The molecule has 0 aromatic carbocycles. The fourth-order valence-electron chi connectivity index (χ4n) is 1.95. The molecule has 1 rings (SSSR count). The Morgan fingerprint density at radius 3 is 2.63 bits per heavy atom. The lowest BCUT2D eigenvalue weighted by Crippen LogP contribution is -2.34. The van der Waals surface area contributed by atoms with Crippen LogP contribution in [0.2, 0.25) is 0 Å². The summed E-state index contributed by atoms with van der Waals surface area (Å²) in [5, 5.41) is 2.87. The molecule has 108 valence electrons. The molecular weight excluding hydrogens is 262 g/mol. The highest BCUT2D eigenvalue weighted by Crippen LogP contribution is 2.20. The summed E-state index contributed by atoms with van der Waals surface area (Å²) in [6.45, 7) is 6.11. The van der Waals surface area contributed by atoms with E-state index >= 15 is 0 Å². The molecule has 2 unspecified atom stereocenters. The highest BCUT2D eigenvalue weighted by molar-refractivity contribution is 7.89. The second kappa shape index (κ2) is 6.86. The number of nitrogens with zero attached hydrogens (tertiary/aromatic N) is 1. The van der Waals surface area contributed by atoms with Crippen LogP contribution in [-0.4, -0.2) is 26.5 Å². The molecule has 6 heteroatoms. The summed E-state index contributed by atoms with van der Waals surface area (Å²) in [5.41, 5.74) is 0.554. The van der Waals surface area contributed by atoms with Crippen molar-refractivity contribution in [1.82, 2.24) is 9.71 Å². The summed E-state index contributed by atoms with van der Waals surface area (Å²) in [6.07, 6.45) is 4.79. The second-order valence-electron chi connectivity index (χ2n) is 4.89. The zero-order valence-electron chi connectivity index (χ0n) is 12.0. The fraction of sp³-hybridized carbons (Fsp3) is 0.615. The van der Waals surface area contributed by atoms with E-state index in [9.17, 15) is 8.42 Å². The highest BCUT2D eigenvalue weighted by atomic mass is 32.2. The third-order valence-corrected chi connectivity index (χ3v) is 4.77.